The molecule has 3 heteroatoms. The van der Waals surface area contributed by atoms with Gasteiger partial charge in [-0.1, -0.05) is 32.0 Å². The molecule has 0 amide bonds. The van der Waals surface area contributed by atoms with Crippen molar-refractivity contribution in [2.24, 2.45) is 5.73 Å². The van der Waals surface area contributed by atoms with Crippen molar-refractivity contribution in [3.8, 4) is 0 Å². The zero-order chi connectivity index (χ0) is 12.3. The Balaban J connectivity index is 3.36. The van der Waals surface area contributed by atoms with E-state index >= 15 is 0 Å². The predicted molar refractivity (Wildman–Crippen MR) is 67.9 cm³/mol. The summed E-state index contributed by atoms with van der Waals surface area (Å²) in [4.78, 5) is 0. The van der Waals surface area contributed by atoms with E-state index in [1.165, 1.54) is 6.07 Å². The standard InChI is InChI=1S/C13H17ClFN/c1-4-8(2)11-6-13(15)10(7-16)5-12(11)9(3)14/h5-6,8H,3-4,7,16H2,1-2H3. The van der Waals surface area contributed by atoms with Crippen LogP contribution in [0.3, 0.4) is 0 Å². The van der Waals surface area contributed by atoms with E-state index in [4.69, 9.17) is 17.3 Å². The minimum absolute atomic E-state index is 0.170. The van der Waals surface area contributed by atoms with Crippen LogP contribution in [0.5, 0.6) is 0 Å². The Kier molecular flexibility index (Phi) is 4.51. The largest absolute Gasteiger partial charge is 0.326 e. The molecule has 1 unspecified atom stereocenters. The van der Waals surface area contributed by atoms with E-state index in [1.807, 2.05) is 6.92 Å². The minimum atomic E-state index is -0.264. The van der Waals surface area contributed by atoms with E-state index in [9.17, 15) is 4.39 Å². The quantitative estimate of drug-likeness (QED) is 0.847. The normalized spacial score (nSPS) is 12.6. The van der Waals surface area contributed by atoms with Gasteiger partial charge in [0.15, 0.2) is 0 Å². The maximum Gasteiger partial charge on any atom is 0.128 e. The smallest absolute Gasteiger partial charge is 0.128 e. The second-order valence-corrected chi connectivity index (χ2v) is 4.41. The molecule has 16 heavy (non-hydrogen) atoms. The van der Waals surface area contributed by atoms with Gasteiger partial charge in [-0.25, -0.2) is 4.39 Å². The molecule has 0 aliphatic rings. The van der Waals surface area contributed by atoms with Crippen molar-refractivity contribution in [3.63, 3.8) is 0 Å². The van der Waals surface area contributed by atoms with Crippen LogP contribution in [0.1, 0.15) is 42.9 Å². The highest BCUT2D eigenvalue weighted by Crippen LogP contribution is 2.31. The maximum atomic E-state index is 13.6. The molecule has 0 radical (unpaired) electrons. The van der Waals surface area contributed by atoms with Crippen molar-refractivity contribution in [2.45, 2.75) is 32.7 Å². The van der Waals surface area contributed by atoms with Gasteiger partial charge in [-0.3, -0.25) is 0 Å². The van der Waals surface area contributed by atoms with Crippen molar-refractivity contribution in [2.75, 3.05) is 0 Å². The van der Waals surface area contributed by atoms with Crippen molar-refractivity contribution in [1.82, 2.24) is 0 Å². The summed E-state index contributed by atoms with van der Waals surface area (Å²) in [5.74, 6) is -0.00806. The van der Waals surface area contributed by atoms with E-state index in [2.05, 4.69) is 13.5 Å². The van der Waals surface area contributed by atoms with Crippen LogP contribution in [0.4, 0.5) is 4.39 Å². The van der Waals surface area contributed by atoms with E-state index in [0.717, 1.165) is 17.5 Å². The number of hydrogen-bond acceptors (Lipinski definition) is 1. The summed E-state index contributed by atoms with van der Waals surface area (Å²) in [6, 6.07) is 3.23. The van der Waals surface area contributed by atoms with Gasteiger partial charge in [-0.05, 0) is 35.6 Å². The highest BCUT2D eigenvalue weighted by atomic mass is 35.5. The number of hydrogen-bond donors (Lipinski definition) is 1. The van der Waals surface area contributed by atoms with Gasteiger partial charge in [-0.15, -0.1) is 0 Å². The fourth-order valence-electron chi connectivity index (χ4n) is 1.65. The summed E-state index contributed by atoms with van der Waals surface area (Å²) in [5, 5.41) is 0.435. The molecule has 0 fully saturated rings. The highest BCUT2D eigenvalue weighted by molar-refractivity contribution is 6.48. The molecule has 0 aliphatic carbocycles. The van der Waals surface area contributed by atoms with Crippen LogP contribution in [-0.4, -0.2) is 0 Å². The third-order valence-corrected chi connectivity index (χ3v) is 3.08. The van der Waals surface area contributed by atoms with Crippen LogP contribution in [0, 0.1) is 5.82 Å². The summed E-state index contributed by atoms with van der Waals surface area (Å²) in [6.07, 6.45) is 0.929. The topological polar surface area (TPSA) is 26.0 Å². The van der Waals surface area contributed by atoms with Gasteiger partial charge in [0.05, 0.1) is 0 Å². The zero-order valence-electron chi connectivity index (χ0n) is 9.69. The van der Waals surface area contributed by atoms with Gasteiger partial charge in [0.2, 0.25) is 0 Å². The van der Waals surface area contributed by atoms with Gasteiger partial charge in [0.25, 0.3) is 0 Å². The lowest BCUT2D eigenvalue weighted by atomic mass is 9.92. The monoisotopic (exact) mass is 241 g/mol. The summed E-state index contributed by atoms with van der Waals surface area (Å²) in [6.45, 7) is 7.98. The van der Waals surface area contributed by atoms with Crippen LogP contribution in [0.15, 0.2) is 18.7 Å². The molecular weight excluding hydrogens is 225 g/mol. The van der Waals surface area contributed by atoms with Crippen LogP contribution >= 0.6 is 11.6 Å². The first-order valence-corrected chi connectivity index (χ1v) is 5.76. The predicted octanol–water partition coefficient (Wildman–Crippen LogP) is 4.01. The van der Waals surface area contributed by atoms with E-state index < -0.39 is 0 Å². The second kappa shape index (κ2) is 5.46. The molecule has 1 rings (SSSR count). The van der Waals surface area contributed by atoms with Crippen molar-refractivity contribution >= 4 is 16.6 Å². The van der Waals surface area contributed by atoms with Crippen LogP contribution < -0.4 is 5.73 Å². The average Bonchev–Trinajstić information content (AvgIpc) is 2.27. The first kappa shape index (κ1) is 13.2. The summed E-state index contributed by atoms with van der Waals surface area (Å²) in [7, 11) is 0. The molecule has 2 N–H and O–H groups in total. The molecule has 0 bridgehead atoms. The first-order valence-electron chi connectivity index (χ1n) is 5.38. The van der Waals surface area contributed by atoms with E-state index in [0.29, 0.717) is 10.6 Å². The Bertz CT molecular complexity index is 401. The fraction of sp³-hybridized carbons (Fsp3) is 0.385. The minimum Gasteiger partial charge on any atom is -0.326 e. The first-order chi connectivity index (χ1) is 7.51. The molecule has 1 aromatic carbocycles. The molecule has 1 aromatic rings. The number of halogens is 2. The van der Waals surface area contributed by atoms with Gasteiger partial charge in [0.1, 0.15) is 5.82 Å². The van der Waals surface area contributed by atoms with Gasteiger partial charge in [0, 0.05) is 17.1 Å². The van der Waals surface area contributed by atoms with Gasteiger partial charge in [-0.2, -0.15) is 0 Å². The fourth-order valence-corrected chi connectivity index (χ4v) is 1.82. The molecule has 1 atom stereocenters. The second-order valence-electron chi connectivity index (χ2n) is 3.95. The molecule has 88 valence electrons. The summed E-state index contributed by atoms with van der Waals surface area (Å²) >= 11 is 5.93. The Labute approximate surface area is 101 Å². The summed E-state index contributed by atoms with van der Waals surface area (Å²) in [5.41, 5.74) is 7.65. The molecule has 0 saturated heterocycles. The Morgan fingerprint density at radius 2 is 2.19 bits per heavy atom. The lowest BCUT2D eigenvalue weighted by Crippen LogP contribution is -2.05. The van der Waals surface area contributed by atoms with E-state index in [1.54, 1.807) is 6.07 Å². The SMILES string of the molecule is C=C(Cl)c1cc(CN)c(F)cc1C(C)CC. The zero-order valence-corrected chi connectivity index (χ0v) is 10.4. The lowest BCUT2D eigenvalue weighted by molar-refractivity contribution is 0.603. The Morgan fingerprint density at radius 3 is 2.62 bits per heavy atom. The van der Waals surface area contributed by atoms with Gasteiger partial charge >= 0.3 is 0 Å². The molecule has 1 nitrogen and oxygen atoms in total. The van der Waals surface area contributed by atoms with Crippen molar-refractivity contribution < 1.29 is 4.39 Å². The molecule has 0 aromatic heterocycles. The third kappa shape index (κ3) is 2.63. The van der Waals surface area contributed by atoms with Gasteiger partial charge < -0.3 is 5.73 Å². The van der Waals surface area contributed by atoms with Crippen LogP contribution in [-0.2, 0) is 6.54 Å². The third-order valence-electron chi connectivity index (χ3n) is 2.87. The van der Waals surface area contributed by atoms with Crippen LogP contribution in [0.25, 0.3) is 5.03 Å². The Morgan fingerprint density at radius 1 is 1.56 bits per heavy atom. The lowest BCUT2D eigenvalue weighted by Gasteiger charge is -2.16. The van der Waals surface area contributed by atoms with Crippen LogP contribution in [0.2, 0.25) is 0 Å². The Hall–Kier alpha value is -0.860. The molecule has 0 heterocycles. The summed E-state index contributed by atoms with van der Waals surface area (Å²) < 4.78 is 13.6. The molecule has 0 spiro atoms. The number of rotatable bonds is 4. The molecular formula is C13H17ClFN. The van der Waals surface area contributed by atoms with Crippen molar-refractivity contribution in [3.05, 3.63) is 41.2 Å². The number of benzene rings is 1. The highest BCUT2D eigenvalue weighted by Gasteiger charge is 2.14. The molecule has 0 saturated carbocycles. The average molecular weight is 242 g/mol. The maximum absolute atomic E-state index is 13.6. The van der Waals surface area contributed by atoms with E-state index in [-0.39, 0.29) is 18.3 Å². The number of nitrogens with two attached hydrogens (primary N) is 1. The molecule has 0 aliphatic heterocycles. The van der Waals surface area contributed by atoms with Crippen molar-refractivity contribution in [1.29, 1.82) is 0 Å².